The maximum atomic E-state index is 9.69. The molecule has 4 nitrogen and oxygen atoms in total. The summed E-state index contributed by atoms with van der Waals surface area (Å²) in [5, 5.41) is 9.69. The monoisotopic (exact) mass is 261 g/mol. The van der Waals surface area contributed by atoms with Gasteiger partial charge in [-0.05, 0) is 45.8 Å². The molecule has 3 rings (SSSR count). The second-order valence-electron chi connectivity index (χ2n) is 6.30. The van der Waals surface area contributed by atoms with Crippen LogP contribution in [0.25, 0.3) is 0 Å². The van der Waals surface area contributed by atoms with E-state index < -0.39 is 0 Å². The fraction of sp³-hybridized carbons (Fsp3) is 0.733. The standard InChI is InChI=1S/C15H23N3O/c1-11-8-13(12-4-7-18(2)9-12)17-14(16-11)15(10-19)5-3-6-15/h8,12,19H,3-7,9-10H2,1-2H3. The smallest absolute Gasteiger partial charge is 0.137 e. The zero-order chi connectivity index (χ0) is 13.5. The Morgan fingerprint density at radius 1 is 1.42 bits per heavy atom. The molecule has 2 heterocycles. The van der Waals surface area contributed by atoms with E-state index in [1.165, 1.54) is 18.5 Å². The summed E-state index contributed by atoms with van der Waals surface area (Å²) in [6.07, 6.45) is 4.41. The Kier molecular flexibility index (Phi) is 3.31. The summed E-state index contributed by atoms with van der Waals surface area (Å²) in [7, 11) is 2.16. The van der Waals surface area contributed by atoms with E-state index in [1.54, 1.807) is 0 Å². The van der Waals surface area contributed by atoms with Crippen molar-refractivity contribution in [1.29, 1.82) is 0 Å². The summed E-state index contributed by atoms with van der Waals surface area (Å²) < 4.78 is 0. The molecule has 2 fully saturated rings. The van der Waals surface area contributed by atoms with Gasteiger partial charge in [0.2, 0.25) is 0 Å². The first-order valence-corrected chi connectivity index (χ1v) is 7.28. The van der Waals surface area contributed by atoms with Gasteiger partial charge in [0, 0.05) is 23.9 Å². The number of likely N-dealkylation sites (tertiary alicyclic amines) is 1. The van der Waals surface area contributed by atoms with Crippen LogP contribution >= 0.6 is 0 Å². The van der Waals surface area contributed by atoms with E-state index >= 15 is 0 Å². The Hall–Kier alpha value is -1.00. The molecule has 19 heavy (non-hydrogen) atoms. The number of aryl methyl sites for hydroxylation is 1. The minimum absolute atomic E-state index is 0.148. The maximum absolute atomic E-state index is 9.69. The number of aliphatic hydroxyl groups excluding tert-OH is 1. The minimum atomic E-state index is -0.148. The Labute approximate surface area is 114 Å². The van der Waals surface area contributed by atoms with E-state index in [1.807, 2.05) is 6.92 Å². The summed E-state index contributed by atoms with van der Waals surface area (Å²) in [4.78, 5) is 11.8. The first-order chi connectivity index (χ1) is 9.13. The van der Waals surface area contributed by atoms with E-state index in [0.717, 1.165) is 37.4 Å². The first-order valence-electron chi connectivity index (χ1n) is 7.28. The predicted octanol–water partition coefficient (Wildman–Crippen LogP) is 1.62. The van der Waals surface area contributed by atoms with Gasteiger partial charge in [0.05, 0.1) is 12.0 Å². The maximum Gasteiger partial charge on any atom is 0.137 e. The minimum Gasteiger partial charge on any atom is -0.395 e. The van der Waals surface area contributed by atoms with Crippen LogP contribution in [0, 0.1) is 6.92 Å². The van der Waals surface area contributed by atoms with Gasteiger partial charge in [-0.15, -0.1) is 0 Å². The third-order valence-corrected chi connectivity index (χ3v) is 4.77. The van der Waals surface area contributed by atoms with Crippen molar-refractivity contribution in [2.45, 2.75) is 43.9 Å². The lowest BCUT2D eigenvalue weighted by atomic mass is 9.68. The highest BCUT2D eigenvalue weighted by Gasteiger charge is 2.41. The van der Waals surface area contributed by atoms with E-state index in [4.69, 9.17) is 4.98 Å². The molecular formula is C15H23N3O. The van der Waals surface area contributed by atoms with Crippen molar-refractivity contribution in [1.82, 2.24) is 14.9 Å². The van der Waals surface area contributed by atoms with Crippen LogP contribution in [0.5, 0.6) is 0 Å². The zero-order valence-electron chi connectivity index (χ0n) is 11.9. The number of nitrogens with zero attached hydrogens (tertiary/aromatic N) is 3. The molecule has 0 radical (unpaired) electrons. The molecule has 0 amide bonds. The molecule has 1 aromatic heterocycles. The molecule has 1 atom stereocenters. The molecule has 0 spiro atoms. The normalized spacial score (nSPS) is 26.4. The number of hydrogen-bond acceptors (Lipinski definition) is 4. The van der Waals surface area contributed by atoms with Gasteiger partial charge >= 0.3 is 0 Å². The van der Waals surface area contributed by atoms with Crippen molar-refractivity contribution >= 4 is 0 Å². The van der Waals surface area contributed by atoms with Crippen molar-refractivity contribution < 1.29 is 5.11 Å². The van der Waals surface area contributed by atoms with Gasteiger partial charge in [0.25, 0.3) is 0 Å². The molecule has 0 bridgehead atoms. The van der Waals surface area contributed by atoms with Crippen LogP contribution in [0.2, 0.25) is 0 Å². The van der Waals surface area contributed by atoms with E-state index in [-0.39, 0.29) is 12.0 Å². The summed E-state index contributed by atoms with van der Waals surface area (Å²) >= 11 is 0. The van der Waals surface area contributed by atoms with Gasteiger partial charge in [0.1, 0.15) is 5.82 Å². The third kappa shape index (κ3) is 2.28. The SMILES string of the molecule is Cc1cc(C2CCN(C)C2)nc(C2(CO)CCC2)n1. The van der Waals surface area contributed by atoms with Crippen LogP contribution in [0.15, 0.2) is 6.07 Å². The van der Waals surface area contributed by atoms with Gasteiger partial charge in [-0.3, -0.25) is 0 Å². The molecule has 1 aromatic rings. The average Bonchev–Trinajstić information content (AvgIpc) is 2.75. The lowest BCUT2D eigenvalue weighted by Gasteiger charge is -2.39. The van der Waals surface area contributed by atoms with Crippen LogP contribution in [0.1, 0.15) is 48.8 Å². The van der Waals surface area contributed by atoms with Gasteiger partial charge in [-0.1, -0.05) is 6.42 Å². The predicted molar refractivity (Wildman–Crippen MR) is 74.2 cm³/mol. The largest absolute Gasteiger partial charge is 0.395 e. The zero-order valence-corrected chi connectivity index (χ0v) is 11.9. The van der Waals surface area contributed by atoms with Crippen molar-refractivity contribution in [3.8, 4) is 0 Å². The molecule has 4 heteroatoms. The summed E-state index contributed by atoms with van der Waals surface area (Å²) in [5.41, 5.74) is 2.06. The van der Waals surface area contributed by atoms with Gasteiger partial charge in [-0.25, -0.2) is 9.97 Å². The molecule has 1 unspecified atom stereocenters. The quantitative estimate of drug-likeness (QED) is 0.898. The topological polar surface area (TPSA) is 49.2 Å². The van der Waals surface area contributed by atoms with Crippen LogP contribution in [-0.4, -0.2) is 46.7 Å². The van der Waals surface area contributed by atoms with Crippen LogP contribution in [0.3, 0.4) is 0 Å². The number of likely N-dealkylation sites (N-methyl/N-ethyl adjacent to an activating group) is 1. The highest BCUT2D eigenvalue weighted by Crippen LogP contribution is 2.42. The number of hydrogen-bond donors (Lipinski definition) is 1. The molecule has 0 aromatic carbocycles. The van der Waals surface area contributed by atoms with Crippen molar-refractivity contribution in [2.75, 3.05) is 26.7 Å². The molecule has 104 valence electrons. The Morgan fingerprint density at radius 3 is 2.74 bits per heavy atom. The fourth-order valence-electron chi connectivity index (χ4n) is 3.27. The van der Waals surface area contributed by atoms with Crippen LogP contribution in [0.4, 0.5) is 0 Å². The second-order valence-corrected chi connectivity index (χ2v) is 6.30. The number of aromatic nitrogens is 2. The fourth-order valence-corrected chi connectivity index (χ4v) is 3.27. The van der Waals surface area contributed by atoms with Gasteiger partial charge in [-0.2, -0.15) is 0 Å². The van der Waals surface area contributed by atoms with Crippen molar-refractivity contribution in [2.24, 2.45) is 0 Å². The third-order valence-electron chi connectivity index (χ3n) is 4.77. The molecular weight excluding hydrogens is 238 g/mol. The van der Waals surface area contributed by atoms with Crippen LogP contribution in [-0.2, 0) is 5.41 Å². The van der Waals surface area contributed by atoms with Gasteiger partial charge < -0.3 is 10.0 Å². The molecule has 1 saturated carbocycles. The number of rotatable bonds is 3. The Morgan fingerprint density at radius 2 is 2.21 bits per heavy atom. The van der Waals surface area contributed by atoms with Crippen molar-refractivity contribution in [3.63, 3.8) is 0 Å². The lowest BCUT2D eigenvalue weighted by molar-refractivity contribution is 0.111. The Balaban J connectivity index is 1.92. The van der Waals surface area contributed by atoms with E-state index in [2.05, 4.69) is 23.0 Å². The summed E-state index contributed by atoms with van der Waals surface area (Å²) in [6.45, 7) is 4.45. The summed E-state index contributed by atoms with van der Waals surface area (Å²) in [6, 6.07) is 2.12. The van der Waals surface area contributed by atoms with E-state index in [0.29, 0.717) is 5.92 Å². The second kappa shape index (κ2) is 4.84. The molecule has 2 aliphatic rings. The number of aliphatic hydroxyl groups is 1. The average molecular weight is 261 g/mol. The molecule has 1 aliphatic heterocycles. The molecule has 1 saturated heterocycles. The van der Waals surface area contributed by atoms with Gasteiger partial charge in [0.15, 0.2) is 0 Å². The van der Waals surface area contributed by atoms with E-state index in [9.17, 15) is 5.11 Å². The molecule has 1 N–H and O–H groups in total. The molecule has 1 aliphatic carbocycles. The lowest BCUT2D eigenvalue weighted by Crippen LogP contribution is -2.40. The Bertz CT molecular complexity index is 465. The first kappa shape index (κ1) is 13.0. The highest BCUT2D eigenvalue weighted by atomic mass is 16.3. The van der Waals surface area contributed by atoms with Crippen molar-refractivity contribution in [3.05, 3.63) is 23.3 Å². The summed E-state index contributed by atoms with van der Waals surface area (Å²) in [5.74, 6) is 1.41. The highest BCUT2D eigenvalue weighted by molar-refractivity contribution is 5.22. The van der Waals surface area contributed by atoms with Crippen LogP contribution < -0.4 is 0 Å².